The minimum atomic E-state index is -3.25. The van der Waals surface area contributed by atoms with Crippen LogP contribution in [0.3, 0.4) is 0 Å². The first-order chi connectivity index (χ1) is 8.61. The Morgan fingerprint density at radius 3 is 2.22 bits per heavy atom. The van der Waals surface area contributed by atoms with E-state index in [4.69, 9.17) is 9.25 Å². The third-order valence-corrected chi connectivity index (χ3v) is 4.33. The van der Waals surface area contributed by atoms with Crippen LogP contribution < -0.4 is 11.0 Å². The van der Waals surface area contributed by atoms with E-state index in [0.29, 0.717) is 13.1 Å². The molecule has 1 rings (SSSR count). The Hall–Kier alpha value is -0.230. The Balaban J connectivity index is 2.77. The first kappa shape index (κ1) is 15.8. The van der Waals surface area contributed by atoms with E-state index in [9.17, 15) is 4.57 Å². The normalized spacial score (nSPS) is 11.7. The fraction of sp³-hybridized carbons (Fsp3) is 0.455. The van der Waals surface area contributed by atoms with Gasteiger partial charge in [-0.05, 0) is 11.6 Å². The highest BCUT2D eigenvalue weighted by Gasteiger charge is 2.27. The van der Waals surface area contributed by atoms with Crippen LogP contribution >= 0.6 is 23.5 Å². The number of hydrogen-bond donors (Lipinski definition) is 2. The minimum Gasteiger partial charge on any atom is -0.257 e. The van der Waals surface area contributed by atoms with E-state index in [2.05, 4.69) is 26.9 Å². The lowest BCUT2D eigenvalue weighted by Crippen LogP contribution is -2.19. The molecule has 0 atom stereocenters. The average molecular weight is 337 g/mol. The summed E-state index contributed by atoms with van der Waals surface area (Å²) in [6.45, 7) is 4.82. The molecule has 0 bridgehead atoms. The van der Waals surface area contributed by atoms with E-state index in [1.165, 1.54) is 0 Å². The molecule has 0 fully saturated rings. The van der Waals surface area contributed by atoms with Gasteiger partial charge in [-0.2, -0.15) is 11.0 Å². The molecule has 0 amide bonds. The van der Waals surface area contributed by atoms with E-state index >= 15 is 0 Å². The van der Waals surface area contributed by atoms with Crippen molar-refractivity contribution in [2.24, 2.45) is 0 Å². The molecule has 0 radical (unpaired) electrons. The molecule has 102 valence electrons. The quantitative estimate of drug-likeness (QED) is 0.563. The van der Waals surface area contributed by atoms with Crippen LogP contribution in [-0.2, 0) is 20.0 Å². The first-order valence-corrected chi connectivity index (χ1v) is 8.28. The molecule has 0 aliphatic heterocycles. The molecule has 0 aliphatic rings. The second-order valence-electron chi connectivity index (χ2n) is 3.54. The molecule has 7 heteroatoms. The third-order valence-electron chi connectivity index (χ3n) is 2.02. The summed E-state index contributed by atoms with van der Waals surface area (Å²) in [6.07, 6.45) is 0.189. The average Bonchev–Trinajstić information content (AvgIpc) is 2.37. The van der Waals surface area contributed by atoms with Crippen LogP contribution in [0.2, 0.25) is 0 Å². The molecule has 0 saturated carbocycles. The van der Waals surface area contributed by atoms with Crippen LogP contribution in [0.1, 0.15) is 19.4 Å². The Kier molecular flexibility index (Phi) is 7.07. The summed E-state index contributed by atoms with van der Waals surface area (Å²) >= 11 is 3.41. The van der Waals surface area contributed by atoms with Crippen LogP contribution in [0.25, 0.3) is 0 Å². The molecule has 1 aromatic rings. The summed E-state index contributed by atoms with van der Waals surface area (Å²) in [5.74, 6) is 0. The molecular formula is C11H18BrN2O3P. The molecule has 0 aromatic heterocycles. The van der Waals surface area contributed by atoms with Gasteiger partial charge in [0.05, 0.1) is 6.16 Å². The monoisotopic (exact) mass is 336 g/mol. The summed E-state index contributed by atoms with van der Waals surface area (Å²) in [5, 5.41) is 0. The summed E-state index contributed by atoms with van der Waals surface area (Å²) < 4.78 is 23.6. The Morgan fingerprint density at radius 2 is 1.72 bits per heavy atom. The largest absolute Gasteiger partial charge is 0.367 e. The van der Waals surface area contributed by atoms with Gasteiger partial charge in [-0.1, -0.05) is 48.0 Å². The fourth-order valence-corrected chi connectivity index (χ4v) is 3.40. The molecule has 0 unspecified atom stereocenters. The van der Waals surface area contributed by atoms with Crippen molar-refractivity contribution in [1.82, 2.24) is 11.0 Å². The summed E-state index contributed by atoms with van der Waals surface area (Å²) in [4.78, 5) is 0. The van der Waals surface area contributed by atoms with Crippen molar-refractivity contribution in [3.63, 3.8) is 0 Å². The van der Waals surface area contributed by atoms with Gasteiger partial charge in [0.1, 0.15) is 0 Å². The lowest BCUT2D eigenvalue weighted by molar-refractivity contribution is 0.104. The Bertz CT molecular complexity index is 405. The lowest BCUT2D eigenvalue weighted by atomic mass is 10.2. The lowest BCUT2D eigenvalue weighted by Gasteiger charge is -2.18. The summed E-state index contributed by atoms with van der Waals surface area (Å²) in [6, 6.07) is 7.54. The zero-order valence-corrected chi connectivity index (χ0v) is 13.0. The van der Waals surface area contributed by atoms with Crippen molar-refractivity contribution < 1.29 is 13.8 Å². The summed E-state index contributed by atoms with van der Waals surface area (Å²) in [5.41, 5.74) is 6.06. The maximum atomic E-state index is 12.5. The van der Waals surface area contributed by atoms with Crippen LogP contribution in [0.4, 0.5) is 0 Å². The standard InChI is InChI=1S/C11H18BrN2O3P/c1-3-13-16-18(15,17-14-4-2)9-10-7-5-6-8-11(10)12/h5-8,13-14H,3-4,9H2,1-2H3. The zero-order chi connectivity index (χ0) is 13.4. The van der Waals surface area contributed by atoms with Crippen LogP contribution in [0.15, 0.2) is 28.7 Å². The number of halogens is 1. The molecule has 0 saturated heterocycles. The number of nitrogens with one attached hydrogen (secondary N) is 2. The fourth-order valence-electron chi connectivity index (χ4n) is 1.24. The zero-order valence-electron chi connectivity index (χ0n) is 10.5. The van der Waals surface area contributed by atoms with Crippen LogP contribution in [-0.4, -0.2) is 13.1 Å². The predicted molar refractivity (Wildman–Crippen MR) is 75.0 cm³/mol. The smallest absolute Gasteiger partial charge is 0.257 e. The third kappa shape index (κ3) is 5.18. The van der Waals surface area contributed by atoms with E-state index in [-0.39, 0.29) is 6.16 Å². The van der Waals surface area contributed by atoms with Gasteiger partial charge in [-0.3, -0.25) is 4.57 Å². The van der Waals surface area contributed by atoms with Gasteiger partial charge in [-0.25, -0.2) is 9.25 Å². The van der Waals surface area contributed by atoms with Crippen molar-refractivity contribution in [2.75, 3.05) is 13.1 Å². The van der Waals surface area contributed by atoms with Gasteiger partial charge in [0.15, 0.2) is 0 Å². The van der Waals surface area contributed by atoms with Gasteiger partial charge in [-0.15, -0.1) is 0 Å². The molecule has 5 nitrogen and oxygen atoms in total. The molecule has 1 aromatic carbocycles. The number of hydrogen-bond acceptors (Lipinski definition) is 5. The van der Waals surface area contributed by atoms with Crippen LogP contribution in [0.5, 0.6) is 0 Å². The van der Waals surface area contributed by atoms with E-state index in [1.54, 1.807) is 0 Å². The highest BCUT2D eigenvalue weighted by atomic mass is 79.9. The maximum absolute atomic E-state index is 12.5. The van der Waals surface area contributed by atoms with Crippen molar-refractivity contribution in [1.29, 1.82) is 0 Å². The minimum absolute atomic E-state index is 0.189. The second kappa shape index (κ2) is 8.04. The van der Waals surface area contributed by atoms with Crippen molar-refractivity contribution >= 4 is 23.5 Å². The van der Waals surface area contributed by atoms with Crippen LogP contribution in [0, 0.1) is 0 Å². The van der Waals surface area contributed by atoms with E-state index < -0.39 is 7.60 Å². The predicted octanol–water partition coefficient (Wildman–Crippen LogP) is 3.22. The van der Waals surface area contributed by atoms with Gasteiger partial charge in [0, 0.05) is 17.6 Å². The molecule has 0 heterocycles. The van der Waals surface area contributed by atoms with Crippen molar-refractivity contribution in [2.45, 2.75) is 20.0 Å². The molecular weight excluding hydrogens is 319 g/mol. The topological polar surface area (TPSA) is 59.6 Å². The molecule has 0 spiro atoms. The molecule has 18 heavy (non-hydrogen) atoms. The SMILES string of the molecule is CCNOP(=O)(Cc1ccccc1Br)ONCC. The molecule has 0 aliphatic carbocycles. The second-order valence-corrected chi connectivity index (χ2v) is 6.30. The van der Waals surface area contributed by atoms with Gasteiger partial charge in [0.25, 0.3) is 0 Å². The van der Waals surface area contributed by atoms with Gasteiger partial charge < -0.3 is 0 Å². The Morgan fingerprint density at radius 1 is 1.17 bits per heavy atom. The number of benzene rings is 1. The number of rotatable bonds is 8. The first-order valence-electron chi connectivity index (χ1n) is 5.76. The van der Waals surface area contributed by atoms with Gasteiger partial charge in [0.2, 0.25) is 0 Å². The van der Waals surface area contributed by atoms with E-state index in [1.807, 2.05) is 38.1 Å². The number of hydroxylamine groups is 2. The maximum Gasteiger partial charge on any atom is 0.367 e. The van der Waals surface area contributed by atoms with E-state index in [0.717, 1.165) is 10.0 Å². The summed E-state index contributed by atoms with van der Waals surface area (Å²) in [7, 11) is -3.25. The van der Waals surface area contributed by atoms with Crippen molar-refractivity contribution in [3.05, 3.63) is 34.3 Å². The highest BCUT2D eigenvalue weighted by Crippen LogP contribution is 2.50. The Labute approximate surface area is 116 Å². The van der Waals surface area contributed by atoms with Crippen molar-refractivity contribution in [3.8, 4) is 0 Å². The molecule has 2 N–H and O–H groups in total. The highest BCUT2D eigenvalue weighted by molar-refractivity contribution is 9.10. The van der Waals surface area contributed by atoms with Gasteiger partial charge >= 0.3 is 7.60 Å².